The van der Waals surface area contributed by atoms with E-state index in [1.165, 1.54) is 41.8 Å². The number of carbonyl (C=O) groups is 1. The van der Waals surface area contributed by atoms with Crippen molar-refractivity contribution in [3.63, 3.8) is 0 Å². The monoisotopic (exact) mass is 404 g/mol. The Hall–Kier alpha value is -2.33. The molecule has 1 aliphatic carbocycles. The number of piperidine rings is 1. The quantitative estimate of drug-likeness (QED) is 0.776. The number of likely N-dealkylation sites (tertiary alicyclic amines) is 1. The zero-order valence-electron chi connectivity index (χ0n) is 17.7. The number of carboxylic acid groups (broad SMARTS) is 1. The number of nitrogens with zero attached hydrogens (tertiary/aromatic N) is 2. The highest BCUT2D eigenvalue weighted by Gasteiger charge is 2.38. The normalized spacial score (nSPS) is 26.7. The minimum absolute atomic E-state index is 0.302. The molecule has 1 saturated carbocycles. The molecule has 0 amide bonds. The number of fused-ring (bicyclic) bond motifs is 2. The molecule has 0 bridgehead atoms. The number of hydrogen-bond donors (Lipinski definition) is 1. The third-order valence-electron chi connectivity index (χ3n) is 7.48. The smallest absolute Gasteiger partial charge is 0.320 e. The van der Waals surface area contributed by atoms with Crippen molar-refractivity contribution in [3.8, 4) is 0 Å². The molecule has 5 rings (SSSR count). The van der Waals surface area contributed by atoms with E-state index in [9.17, 15) is 9.90 Å². The van der Waals surface area contributed by atoms with Crippen LogP contribution in [0, 0.1) is 5.92 Å². The van der Waals surface area contributed by atoms with Crippen LogP contribution in [0.1, 0.15) is 49.7 Å². The van der Waals surface area contributed by atoms with Crippen LogP contribution in [-0.2, 0) is 17.6 Å². The average molecular weight is 405 g/mol. The maximum absolute atomic E-state index is 11.8. The number of benzene rings is 2. The van der Waals surface area contributed by atoms with Gasteiger partial charge in [-0.25, -0.2) is 0 Å². The molecule has 3 aliphatic rings. The van der Waals surface area contributed by atoms with E-state index >= 15 is 0 Å². The molecule has 4 heteroatoms. The number of para-hydroxylation sites is 2. The fourth-order valence-corrected chi connectivity index (χ4v) is 6.03. The average Bonchev–Trinajstić information content (AvgIpc) is 3.15. The molecule has 30 heavy (non-hydrogen) atoms. The Kier molecular flexibility index (Phi) is 5.51. The van der Waals surface area contributed by atoms with Gasteiger partial charge in [-0.2, -0.15) is 0 Å². The molecular weight excluding hydrogens is 372 g/mol. The van der Waals surface area contributed by atoms with E-state index < -0.39 is 5.97 Å². The van der Waals surface area contributed by atoms with Crippen LogP contribution < -0.4 is 4.90 Å². The Bertz CT molecular complexity index is 864. The van der Waals surface area contributed by atoms with E-state index in [1.54, 1.807) is 0 Å². The van der Waals surface area contributed by atoms with Crippen molar-refractivity contribution in [3.05, 3.63) is 59.7 Å². The summed E-state index contributed by atoms with van der Waals surface area (Å²) >= 11 is 0. The van der Waals surface area contributed by atoms with Gasteiger partial charge in [0.15, 0.2) is 0 Å². The number of anilines is 2. The third-order valence-corrected chi connectivity index (χ3v) is 7.48. The van der Waals surface area contributed by atoms with Gasteiger partial charge in [0.05, 0.1) is 0 Å². The van der Waals surface area contributed by atoms with Gasteiger partial charge in [-0.1, -0.05) is 49.2 Å². The van der Waals surface area contributed by atoms with Gasteiger partial charge < -0.3 is 10.0 Å². The first kappa shape index (κ1) is 19.6. The maximum atomic E-state index is 11.8. The van der Waals surface area contributed by atoms with Crippen LogP contribution in [0.15, 0.2) is 48.5 Å². The molecule has 0 radical (unpaired) electrons. The molecule has 2 aromatic rings. The van der Waals surface area contributed by atoms with Crippen LogP contribution in [0.4, 0.5) is 11.4 Å². The second-order valence-corrected chi connectivity index (χ2v) is 9.23. The second-order valence-electron chi connectivity index (χ2n) is 9.23. The van der Waals surface area contributed by atoms with Crippen LogP contribution in [-0.4, -0.2) is 41.1 Å². The zero-order valence-corrected chi connectivity index (χ0v) is 17.7. The maximum Gasteiger partial charge on any atom is 0.320 e. The number of hydrogen-bond acceptors (Lipinski definition) is 3. The van der Waals surface area contributed by atoms with Crippen molar-refractivity contribution < 1.29 is 9.90 Å². The minimum atomic E-state index is -0.644. The number of aryl methyl sites for hydroxylation is 2. The van der Waals surface area contributed by atoms with Crippen molar-refractivity contribution in [2.24, 2.45) is 5.92 Å². The van der Waals surface area contributed by atoms with Crippen LogP contribution in [0.3, 0.4) is 0 Å². The minimum Gasteiger partial charge on any atom is -0.480 e. The lowest BCUT2D eigenvalue weighted by atomic mass is 9.95. The molecule has 3 unspecified atom stereocenters. The highest BCUT2D eigenvalue weighted by Crippen LogP contribution is 2.43. The summed E-state index contributed by atoms with van der Waals surface area (Å²) in [5.41, 5.74) is 5.57. The second kappa shape index (κ2) is 8.43. The summed E-state index contributed by atoms with van der Waals surface area (Å²) in [5, 5.41) is 9.74. The highest BCUT2D eigenvalue weighted by atomic mass is 16.4. The van der Waals surface area contributed by atoms with Gasteiger partial charge in [0.25, 0.3) is 0 Å². The van der Waals surface area contributed by atoms with Crippen LogP contribution >= 0.6 is 0 Å². The standard InChI is InChI=1S/C26H32N2O2/c29-26(30)25-13-5-6-17-27(25)18-21-10-7-14-24(21)28-22-11-3-1-8-19(22)15-16-20-9-2-4-12-23(20)28/h1-4,8-9,11-12,21,24-25H,5-7,10,13-18H2,(H,29,30). The summed E-state index contributed by atoms with van der Waals surface area (Å²) in [4.78, 5) is 16.7. The molecule has 158 valence electrons. The Morgan fingerprint density at radius 3 is 2.20 bits per heavy atom. The lowest BCUT2D eigenvalue weighted by molar-refractivity contribution is -0.144. The van der Waals surface area contributed by atoms with E-state index in [1.807, 2.05) is 0 Å². The number of carboxylic acids is 1. The molecular formula is C26H32N2O2. The Morgan fingerprint density at radius 2 is 1.53 bits per heavy atom. The number of aliphatic carboxylic acids is 1. The highest BCUT2D eigenvalue weighted by molar-refractivity contribution is 5.74. The van der Waals surface area contributed by atoms with E-state index in [0.717, 1.165) is 45.2 Å². The summed E-state index contributed by atoms with van der Waals surface area (Å²) in [5.74, 6) is -0.140. The van der Waals surface area contributed by atoms with Gasteiger partial charge in [0, 0.05) is 24.0 Å². The van der Waals surface area contributed by atoms with Crippen molar-refractivity contribution in [1.82, 2.24) is 4.90 Å². The largest absolute Gasteiger partial charge is 0.480 e. The Balaban J connectivity index is 1.49. The molecule has 2 aliphatic heterocycles. The Labute approximate surface area is 179 Å². The molecule has 0 aromatic heterocycles. The predicted molar refractivity (Wildman–Crippen MR) is 120 cm³/mol. The topological polar surface area (TPSA) is 43.8 Å². The van der Waals surface area contributed by atoms with E-state index in [2.05, 4.69) is 58.3 Å². The molecule has 4 nitrogen and oxygen atoms in total. The summed E-state index contributed by atoms with van der Waals surface area (Å²) in [6.07, 6.45) is 8.70. The fraction of sp³-hybridized carbons (Fsp3) is 0.500. The van der Waals surface area contributed by atoms with Crippen LogP contribution in [0.5, 0.6) is 0 Å². The lowest BCUT2D eigenvalue weighted by Gasteiger charge is -2.40. The van der Waals surface area contributed by atoms with E-state index in [4.69, 9.17) is 0 Å². The fourth-order valence-electron chi connectivity index (χ4n) is 6.03. The van der Waals surface area contributed by atoms with Crippen molar-refractivity contribution in [2.45, 2.75) is 63.5 Å². The van der Waals surface area contributed by atoms with E-state index in [-0.39, 0.29) is 6.04 Å². The molecule has 1 saturated heterocycles. The summed E-state index contributed by atoms with van der Waals surface area (Å²) < 4.78 is 0. The first-order valence-electron chi connectivity index (χ1n) is 11.6. The molecule has 1 N–H and O–H groups in total. The first-order valence-corrected chi connectivity index (χ1v) is 11.6. The van der Waals surface area contributed by atoms with Crippen molar-refractivity contribution >= 4 is 17.3 Å². The molecule has 2 aromatic carbocycles. The van der Waals surface area contributed by atoms with Gasteiger partial charge >= 0.3 is 5.97 Å². The Morgan fingerprint density at radius 1 is 0.867 bits per heavy atom. The summed E-state index contributed by atoms with van der Waals surface area (Å²) in [6.45, 7) is 1.83. The van der Waals surface area contributed by atoms with Gasteiger partial charge in [-0.3, -0.25) is 9.69 Å². The van der Waals surface area contributed by atoms with Gasteiger partial charge in [-0.05, 0) is 74.2 Å². The molecule has 0 spiro atoms. The van der Waals surface area contributed by atoms with Gasteiger partial charge in [0.2, 0.25) is 0 Å². The summed E-state index contributed by atoms with van der Waals surface area (Å²) in [6, 6.07) is 17.9. The van der Waals surface area contributed by atoms with Gasteiger partial charge in [0.1, 0.15) is 6.04 Å². The first-order chi connectivity index (χ1) is 14.7. The van der Waals surface area contributed by atoms with Crippen LogP contribution in [0.2, 0.25) is 0 Å². The predicted octanol–water partition coefficient (Wildman–Crippen LogP) is 5.03. The zero-order chi connectivity index (χ0) is 20.5. The van der Waals surface area contributed by atoms with Crippen LogP contribution in [0.25, 0.3) is 0 Å². The molecule has 2 fully saturated rings. The third kappa shape index (κ3) is 3.62. The summed E-state index contributed by atoms with van der Waals surface area (Å²) in [7, 11) is 0. The van der Waals surface area contributed by atoms with E-state index in [0.29, 0.717) is 12.0 Å². The molecule has 3 atom stereocenters. The SMILES string of the molecule is O=C(O)C1CCCCN1CC1CCCC1N1c2ccccc2CCc2ccccc21. The van der Waals surface area contributed by atoms with Crippen molar-refractivity contribution in [1.29, 1.82) is 0 Å². The number of rotatable bonds is 4. The molecule has 2 heterocycles. The van der Waals surface area contributed by atoms with Gasteiger partial charge in [-0.15, -0.1) is 0 Å². The lowest BCUT2D eigenvalue weighted by Crippen LogP contribution is -2.49. The van der Waals surface area contributed by atoms with Crippen molar-refractivity contribution in [2.75, 3.05) is 18.0 Å².